The van der Waals surface area contributed by atoms with Crippen molar-refractivity contribution in [1.82, 2.24) is 16.0 Å². The number of amides is 4. The maximum atomic E-state index is 12.5. The van der Waals surface area contributed by atoms with E-state index in [1.807, 2.05) is 0 Å². The summed E-state index contributed by atoms with van der Waals surface area (Å²) in [5, 5.41) is 7.49. The second-order valence-electron chi connectivity index (χ2n) is 8.30. The minimum absolute atomic E-state index is 0. The molecule has 0 aliphatic rings. The third-order valence-electron chi connectivity index (χ3n) is 4.95. The summed E-state index contributed by atoms with van der Waals surface area (Å²) in [7, 11) is 0. The van der Waals surface area contributed by atoms with Crippen molar-refractivity contribution < 1.29 is 28.7 Å². The molecule has 0 rings (SSSR count). The lowest BCUT2D eigenvalue weighted by Crippen LogP contribution is -2.53. The third-order valence-corrected chi connectivity index (χ3v) is 4.95. The van der Waals surface area contributed by atoms with E-state index in [2.05, 4.69) is 22.9 Å². The van der Waals surface area contributed by atoms with Gasteiger partial charge >= 0.3 is 12.0 Å². The van der Waals surface area contributed by atoms with Gasteiger partial charge in [0.2, 0.25) is 11.8 Å². The number of rotatable bonds is 18. The number of nitrogens with one attached hydrogen (secondary N) is 3. The van der Waals surface area contributed by atoms with Crippen molar-refractivity contribution in [2.24, 2.45) is 17.4 Å². The van der Waals surface area contributed by atoms with E-state index < -0.39 is 35.9 Å². The molecule has 0 unspecified atom stereocenters. The van der Waals surface area contributed by atoms with Gasteiger partial charge in [-0.1, -0.05) is 40.0 Å². The van der Waals surface area contributed by atoms with Crippen molar-refractivity contribution >= 4 is 42.0 Å². The predicted octanol–water partition coefficient (Wildman–Crippen LogP) is 0.914. The van der Waals surface area contributed by atoms with E-state index in [0.717, 1.165) is 25.7 Å². The third kappa shape index (κ3) is 17.1. The van der Waals surface area contributed by atoms with Crippen LogP contribution in [0.3, 0.4) is 0 Å². The molecule has 0 saturated carbocycles. The molecule has 34 heavy (non-hydrogen) atoms. The number of carbonyl (C=O) groups is 5. The average Bonchev–Trinajstić information content (AvgIpc) is 2.76. The van der Waals surface area contributed by atoms with Crippen molar-refractivity contribution in [2.45, 2.75) is 84.2 Å². The number of ether oxygens (including phenoxy) is 1. The Kier molecular flexibility index (Phi) is 19.9. The van der Waals surface area contributed by atoms with Gasteiger partial charge in [0, 0.05) is 13.0 Å². The van der Waals surface area contributed by atoms with Crippen LogP contribution in [0.5, 0.6) is 0 Å². The number of hydrogen-bond donors (Lipinski definition) is 5. The zero-order chi connectivity index (χ0) is 25.2. The molecule has 0 saturated heterocycles. The van der Waals surface area contributed by atoms with E-state index in [1.54, 1.807) is 13.8 Å². The molecule has 0 spiro atoms. The Hall–Kier alpha value is -2.40. The number of hydrogen-bond acceptors (Lipinski definition) is 7. The number of primary amides is 1. The minimum Gasteiger partial charge on any atom is -0.466 e. The van der Waals surface area contributed by atoms with Crippen molar-refractivity contribution in [3.8, 4) is 0 Å². The number of halogens is 1. The highest BCUT2D eigenvalue weighted by atomic mass is 35.5. The fourth-order valence-electron chi connectivity index (χ4n) is 2.78. The number of nitrogens with two attached hydrogens (primary N) is 2. The van der Waals surface area contributed by atoms with Crippen LogP contribution < -0.4 is 27.4 Å². The van der Waals surface area contributed by atoms with E-state index in [-0.39, 0.29) is 56.5 Å². The Labute approximate surface area is 208 Å². The first-order chi connectivity index (χ1) is 15.6. The molecule has 0 heterocycles. The Bertz CT molecular complexity index is 647. The Morgan fingerprint density at radius 3 is 2.18 bits per heavy atom. The van der Waals surface area contributed by atoms with Crippen LogP contribution in [-0.2, 0) is 23.9 Å². The highest BCUT2D eigenvalue weighted by Gasteiger charge is 2.25. The summed E-state index contributed by atoms with van der Waals surface area (Å²) in [4.78, 5) is 59.4. The van der Waals surface area contributed by atoms with Gasteiger partial charge in [0.05, 0.1) is 25.6 Å². The van der Waals surface area contributed by atoms with Gasteiger partial charge in [0.25, 0.3) is 0 Å². The first-order valence-electron chi connectivity index (χ1n) is 11.6. The van der Waals surface area contributed by atoms with Crippen molar-refractivity contribution in [1.29, 1.82) is 0 Å². The lowest BCUT2D eigenvalue weighted by atomic mass is 10.0. The van der Waals surface area contributed by atoms with E-state index >= 15 is 0 Å². The lowest BCUT2D eigenvalue weighted by Gasteiger charge is -2.22. The number of carbonyl (C=O) groups excluding carboxylic acids is 5. The zero-order valence-electron chi connectivity index (χ0n) is 20.5. The first kappa shape index (κ1) is 33.8. The number of Topliss-reactive ketones (excluding diaryl/α,β-unsaturated/α-hetero) is 1. The van der Waals surface area contributed by atoms with Gasteiger partial charge in [-0.25, -0.2) is 4.79 Å². The second-order valence-corrected chi connectivity index (χ2v) is 8.30. The number of esters is 1. The van der Waals surface area contributed by atoms with Crippen LogP contribution in [0.15, 0.2) is 0 Å². The van der Waals surface area contributed by atoms with Gasteiger partial charge in [-0.05, 0) is 25.2 Å². The quantitative estimate of drug-likeness (QED) is 0.135. The molecule has 0 bridgehead atoms. The molecule has 2 atom stereocenters. The van der Waals surface area contributed by atoms with E-state index in [0.29, 0.717) is 13.0 Å². The van der Waals surface area contributed by atoms with Gasteiger partial charge < -0.3 is 32.2 Å². The van der Waals surface area contributed by atoms with Crippen LogP contribution in [0.2, 0.25) is 0 Å². The Morgan fingerprint density at radius 1 is 0.912 bits per heavy atom. The van der Waals surface area contributed by atoms with Crippen molar-refractivity contribution in [2.75, 3.05) is 19.7 Å². The number of urea groups is 1. The van der Waals surface area contributed by atoms with Crippen molar-refractivity contribution in [3.63, 3.8) is 0 Å². The summed E-state index contributed by atoms with van der Waals surface area (Å²) >= 11 is 0. The van der Waals surface area contributed by atoms with Gasteiger partial charge in [0.15, 0.2) is 5.78 Å². The summed E-state index contributed by atoms with van der Waals surface area (Å²) in [5.41, 5.74) is 10.9. The first-order valence-corrected chi connectivity index (χ1v) is 11.6. The molecular weight excluding hydrogens is 466 g/mol. The number of unbranched alkanes of at least 4 members (excludes halogenated alkanes) is 3. The van der Waals surface area contributed by atoms with Crippen LogP contribution in [0, 0.1) is 5.92 Å². The Balaban J connectivity index is 0. The van der Waals surface area contributed by atoms with Crippen LogP contribution in [-0.4, -0.2) is 61.4 Å². The topological polar surface area (TPSA) is 183 Å². The highest BCUT2D eigenvalue weighted by molar-refractivity contribution is 5.92. The molecule has 11 nitrogen and oxygen atoms in total. The normalized spacial score (nSPS) is 12.1. The van der Waals surface area contributed by atoms with Crippen LogP contribution in [0.25, 0.3) is 0 Å². The van der Waals surface area contributed by atoms with Crippen LogP contribution in [0.1, 0.15) is 72.1 Å². The van der Waals surface area contributed by atoms with Crippen molar-refractivity contribution in [3.05, 3.63) is 0 Å². The van der Waals surface area contributed by atoms with Gasteiger partial charge in [0.1, 0.15) is 6.04 Å². The average molecular weight is 508 g/mol. The standard InChI is InChI=1S/C22H41N5O6.ClH/c1-4-5-6-7-13-33-18(29)11-10-16(28)14-26-20(30)17(9-8-12-25-22(24)32)27-21(31)19(23)15(2)3;/h15,17,19H,4-14,23H2,1-3H3,(H,26,30)(H,27,31)(H3,24,25,32);1H/t17-,19-;/m0./s1. The summed E-state index contributed by atoms with van der Waals surface area (Å²) in [6.07, 6.45) is 4.45. The minimum atomic E-state index is -0.933. The van der Waals surface area contributed by atoms with Crippen LogP contribution >= 0.6 is 12.4 Å². The van der Waals surface area contributed by atoms with E-state index in [4.69, 9.17) is 16.2 Å². The molecule has 12 heteroatoms. The number of ketones is 1. The molecule has 0 aliphatic carbocycles. The van der Waals surface area contributed by atoms with Crippen LogP contribution in [0.4, 0.5) is 4.79 Å². The molecule has 0 aromatic heterocycles. The SMILES string of the molecule is CCCCCCOC(=O)CCC(=O)CNC(=O)[C@H](CCCNC(N)=O)NC(=O)[C@@H](N)C(C)C.Cl. The molecular formula is C22H42ClN5O6. The monoisotopic (exact) mass is 507 g/mol. The fraction of sp³-hybridized carbons (Fsp3) is 0.773. The Morgan fingerprint density at radius 2 is 1.59 bits per heavy atom. The summed E-state index contributed by atoms with van der Waals surface area (Å²) in [6.45, 7) is 5.95. The molecule has 7 N–H and O–H groups in total. The smallest absolute Gasteiger partial charge is 0.312 e. The molecule has 0 aromatic carbocycles. The summed E-state index contributed by atoms with van der Waals surface area (Å²) in [5.74, 6) is -1.93. The maximum Gasteiger partial charge on any atom is 0.312 e. The molecule has 198 valence electrons. The van der Waals surface area contributed by atoms with Gasteiger partial charge in [-0.15, -0.1) is 12.4 Å². The molecule has 0 fully saturated rings. The van der Waals surface area contributed by atoms with Gasteiger partial charge in [-0.3, -0.25) is 19.2 Å². The predicted molar refractivity (Wildman–Crippen MR) is 131 cm³/mol. The molecule has 0 aromatic rings. The van der Waals surface area contributed by atoms with E-state index in [1.165, 1.54) is 0 Å². The molecule has 0 aliphatic heterocycles. The zero-order valence-corrected chi connectivity index (χ0v) is 21.3. The second kappa shape index (κ2) is 20.0. The van der Waals surface area contributed by atoms with Gasteiger partial charge in [-0.2, -0.15) is 0 Å². The largest absolute Gasteiger partial charge is 0.466 e. The molecule has 4 amide bonds. The van der Waals surface area contributed by atoms with E-state index in [9.17, 15) is 24.0 Å². The summed E-state index contributed by atoms with van der Waals surface area (Å²) < 4.78 is 5.08. The fourth-order valence-corrected chi connectivity index (χ4v) is 2.78. The molecule has 0 radical (unpaired) electrons. The maximum absolute atomic E-state index is 12.5. The summed E-state index contributed by atoms with van der Waals surface area (Å²) in [6, 6.07) is -2.41. The highest BCUT2D eigenvalue weighted by Crippen LogP contribution is 2.03. The lowest BCUT2D eigenvalue weighted by molar-refractivity contribution is -0.144.